The second kappa shape index (κ2) is 6.88. The molecule has 0 radical (unpaired) electrons. The molecule has 1 fully saturated rings. The van der Waals surface area contributed by atoms with Crippen LogP contribution in [0.2, 0.25) is 0 Å². The molecule has 1 atom stereocenters. The van der Waals surface area contributed by atoms with Crippen LogP contribution in [-0.4, -0.2) is 38.7 Å². The van der Waals surface area contributed by atoms with E-state index in [1.54, 1.807) is 10.6 Å². The van der Waals surface area contributed by atoms with Crippen LogP contribution in [-0.2, 0) is 11.3 Å². The van der Waals surface area contributed by atoms with E-state index in [9.17, 15) is 9.59 Å². The Bertz CT molecular complexity index is 790. The van der Waals surface area contributed by atoms with Gasteiger partial charge in [-0.3, -0.25) is 14.2 Å². The summed E-state index contributed by atoms with van der Waals surface area (Å²) in [5.41, 5.74) is 0.636. The number of nitrogens with zero attached hydrogens (tertiary/aromatic N) is 3. The van der Waals surface area contributed by atoms with Crippen LogP contribution < -0.4 is 5.56 Å². The highest BCUT2D eigenvalue weighted by Crippen LogP contribution is 2.26. The first-order valence-electron chi connectivity index (χ1n) is 7.66. The zero-order valence-electron chi connectivity index (χ0n) is 13.0. The number of carbonyl (C=O) groups excluding carboxylic acids is 1. The van der Waals surface area contributed by atoms with Crippen LogP contribution in [0.25, 0.3) is 10.2 Å². The Morgan fingerprint density at radius 1 is 1.52 bits per heavy atom. The number of carbonyl (C=O) groups is 1. The maximum Gasteiger partial charge on any atom is 0.272 e. The van der Waals surface area contributed by atoms with E-state index in [1.165, 1.54) is 23.1 Å². The monoisotopic (exact) mass is 349 g/mol. The number of rotatable bonds is 5. The van der Waals surface area contributed by atoms with Gasteiger partial charge in [-0.15, -0.1) is 17.9 Å². The molecule has 0 bridgehead atoms. The molecule has 1 unspecified atom stereocenters. The Hall–Kier alpha value is -1.60. The van der Waals surface area contributed by atoms with Crippen molar-refractivity contribution in [3.63, 3.8) is 0 Å². The molecule has 1 saturated heterocycles. The lowest BCUT2D eigenvalue weighted by Crippen LogP contribution is -2.34. The van der Waals surface area contributed by atoms with E-state index in [1.807, 2.05) is 23.3 Å². The summed E-state index contributed by atoms with van der Waals surface area (Å²) in [6, 6.07) is 1.84. The summed E-state index contributed by atoms with van der Waals surface area (Å²) in [7, 11) is 0. The summed E-state index contributed by atoms with van der Waals surface area (Å²) in [5.74, 6) is 0.123. The maximum atomic E-state index is 12.6. The molecule has 2 aromatic heterocycles. The predicted octanol–water partition coefficient (Wildman–Crippen LogP) is 2.75. The fourth-order valence-electron chi connectivity index (χ4n) is 2.71. The third-order valence-electron chi connectivity index (χ3n) is 3.89. The van der Waals surface area contributed by atoms with Gasteiger partial charge >= 0.3 is 0 Å². The summed E-state index contributed by atoms with van der Waals surface area (Å²) >= 11 is 2.75. The van der Waals surface area contributed by atoms with E-state index in [2.05, 4.69) is 11.6 Å². The molecule has 2 aromatic rings. The van der Waals surface area contributed by atoms with Crippen LogP contribution in [0, 0.1) is 0 Å². The summed E-state index contributed by atoms with van der Waals surface area (Å²) in [6.07, 6.45) is 3.83. The highest BCUT2D eigenvalue weighted by molar-refractivity contribution is 8.00. The second-order valence-electron chi connectivity index (χ2n) is 5.53. The minimum absolute atomic E-state index is 0.0618. The van der Waals surface area contributed by atoms with E-state index in [4.69, 9.17) is 0 Å². The second-order valence-corrected chi connectivity index (χ2v) is 7.75. The molecule has 3 rings (SSSR count). The highest BCUT2D eigenvalue weighted by atomic mass is 32.2. The molecule has 0 spiro atoms. The molecule has 0 aromatic carbocycles. The number of thioether (sulfide) groups is 1. The minimum Gasteiger partial charge on any atom is -0.342 e. The van der Waals surface area contributed by atoms with Crippen molar-refractivity contribution >= 4 is 39.2 Å². The minimum atomic E-state index is -0.257. The van der Waals surface area contributed by atoms with E-state index in [0.717, 1.165) is 25.9 Å². The van der Waals surface area contributed by atoms with Crippen molar-refractivity contribution in [3.05, 3.63) is 34.5 Å². The molecular weight excluding hydrogens is 330 g/mol. The van der Waals surface area contributed by atoms with Crippen LogP contribution in [0.1, 0.15) is 19.8 Å². The lowest BCUT2D eigenvalue weighted by molar-refractivity contribution is -0.129. The van der Waals surface area contributed by atoms with Gasteiger partial charge in [0.05, 0.1) is 10.8 Å². The number of thiophene rings is 1. The van der Waals surface area contributed by atoms with Gasteiger partial charge in [-0.1, -0.05) is 17.8 Å². The first-order chi connectivity index (χ1) is 11.1. The molecule has 5 nitrogen and oxygen atoms in total. The van der Waals surface area contributed by atoms with Crippen LogP contribution in [0.3, 0.4) is 0 Å². The Morgan fingerprint density at radius 2 is 2.26 bits per heavy atom. The quantitative estimate of drug-likeness (QED) is 0.473. The molecule has 1 aliphatic heterocycles. The Kier molecular flexibility index (Phi) is 4.87. The van der Waals surface area contributed by atoms with Gasteiger partial charge < -0.3 is 4.90 Å². The smallest absolute Gasteiger partial charge is 0.272 e. The van der Waals surface area contributed by atoms with E-state index < -0.39 is 0 Å². The molecule has 1 aliphatic rings. The fourth-order valence-corrected chi connectivity index (χ4v) is 4.49. The van der Waals surface area contributed by atoms with Crippen LogP contribution >= 0.6 is 23.1 Å². The SMILES string of the molecule is C=CCn1c(SC(C)C(=O)N2CCCC2)nc2ccsc2c1=O. The zero-order valence-corrected chi connectivity index (χ0v) is 14.7. The van der Waals surface area contributed by atoms with Crippen LogP contribution in [0.5, 0.6) is 0 Å². The average molecular weight is 349 g/mol. The molecule has 7 heteroatoms. The number of allylic oxidation sites excluding steroid dienone is 1. The van der Waals surface area contributed by atoms with E-state index in [0.29, 0.717) is 21.9 Å². The van der Waals surface area contributed by atoms with Crippen molar-refractivity contribution in [2.75, 3.05) is 13.1 Å². The summed E-state index contributed by atoms with van der Waals surface area (Å²) < 4.78 is 2.25. The van der Waals surface area contributed by atoms with Gasteiger partial charge in [0, 0.05) is 19.6 Å². The third kappa shape index (κ3) is 3.21. The number of fused-ring (bicyclic) bond motifs is 1. The molecule has 0 N–H and O–H groups in total. The Balaban J connectivity index is 1.91. The molecule has 0 aliphatic carbocycles. The predicted molar refractivity (Wildman–Crippen MR) is 95.2 cm³/mol. The summed E-state index contributed by atoms with van der Waals surface area (Å²) in [5, 5.41) is 2.19. The lowest BCUT2D eigenvalue weighted by Gasteiger charge is -2.20. The van der Waals surface area contributed by atoms with Gasteiger partial charge in [0.2, 0.25) is 5.91 Å². The molecule has 23 heavy (non-hydrogen) atoms. The van der Waals surface area contributed by atoms with Crippen molar-refractivity contribution in [2.24, 2.45) is 0 Å². The summed E-state index contributed by atoms with van der Waals surface area (Å²) in [4.78, 5) is 31.6. The van der Waals surface area contributed by atoms with Crippen LogP contribution in [0.4, 0.5) is 0 Å². The number of likely N-dealkylation sites (tertiary alicyclic amines) is 1. The molecule has 0 saturated carbocycles. The lowest BCUT2D eigenvalue weighted by atomic mass is 10.4. The van der Waals surface area contributed by atoms with Gasteiger partial charge in [-0.05, 0) is 31.2 Å². The van der Waals surface area contributed by atoms with Gasteiger partial charge in [0.25, 0.3) is 5.56 Å². The fraction of sp³-hybridized carbons (Fsp3) is 0.438. The average Bonchev–Trinajstić information content (AvgIpc) is 3.21. The Labute approximate surface area is 143 Å². The largest absolute Gasteiger partial charge is 0.342 e. The number of hydrogen-bond acceptors (Lipinski definition) is 5. The standard InChI is InChI=1S/C16H19N3O2S2/c1-3-7-19-15(21)13-12(6-10-22-13)17-16(19)23-11(2)14(20)18-8-4-5-9-18/h3,6,10-11H,1,4-5,7-9H2,2H3. The van der Waals surface area contributed by atoms with Gasteiger partial charge in [-0.25, -0.2) is 4.98 Å². The van der Waals surface area contributed by atoms with Gasteiger partial charge in [0.15, 0.2) is 5.16 Å². The van der Waals surface area contributed by atoms with E-state index >= 15 is 0 Å². The number of aromatic nitrogens is 2. The molecule has 1 amide bonds. The third-order valence-corrected chi connectivity index (χ3v) is 5.86. The zero-order chi connectivity index (χ0) is 16.4. The summed E-state index contributed by atoms with van der Waals surface area (Å²) in [6.45, 7) is 7.66. The first-order valence-corrected chi connectivity index (χ1v) is 9.42. The van der Waals surface area contributed by atoms with E-state index in [-0.39, 0.29) is 16.7 Å². The van der Waals surface area contributed by atoms with Gasteiger partial charge in [-0.2, -0.15) is 0 Å². The first kappa shape index (κ1) is 16.3. The number of amides is 1. The normalized spacial score (nSPS) is 16.0. The Morgan fingerprint density at radius 3 is 2.96 bits per heavy atom. The van der Waals surface area contributed by atoms with Crippen molar-refractivity contribution in [1.82, 2.24) is 14.5 Å². The molecule has 3 heterocycles. The van der Waals surface area contributed by atoms with Crippen molar-refractivity contribution in [2.45, 2.75) is 36.7 Å². The topological polar surface area (TPSA) is 55.2 Å². The van der Waals surface area contributed by atoms with Crippen molar-refractivity contribution < 1.29 is 4.79 Å². The van der Waals surface area contributed by atoms with Crippen molar-refractivity contribution in [1.29, 1.82) is 0 Å². The molecular formula is C16H19N3O2S2. The van der Waals surface area contributed by atoms with Gasteiger partial charge in [0.1, 0.15) is 4.70 Å². The van der Waals surface area contributed by atoms with Crippen LogP contribution in [0.15, 0.2) is 34.1 Å². The maximum absolute atomic E-state index is 12.6. The molecule has 122 valence electrons. The number of hydrogen-bond donors (Lipinski definition) is 0. The van der Waals surface area contributed by atoms with Crippen molar-refractivity contribution in [3.8, 4) is 0 Å². The highest BCUT2D eigenvalue weighted by Gasteiger charge is 2.25.